The molecule has 2 saturated heterocycles. The quantitative estimate of drug-likeness (QED) is 0.761. The van der Waals surface area contributed by atoms with Crippen LogP contribution in [0.1, 0.15) is 6.92 Å². The number of methoxy groups -OCH3 is 1. The summed E-state index contributed by atoms with van der Waals surface area (Å²) in [6.45, 7) is 10.0. The second-order valence-electron chi connectivity index (χ2n) is 6.70. The number of ether oxygens (including phenoxy) is 2. The Hall–Kier alpha value is -0.448. The molecule has 0 spiro atoms. The highest BCUT2D eigenvalue weighted by Gasteiger charge is 2.51. The molecule has 0 aliphatic carbocycles. The van der Waals surface area contributed by atoms with Crippen molar-refractivity contribution in [1.82, 2.24) is 5.32 Å². The van der Waals surface area contributed by atoms with Crippen LogP contribution in [0.2, 0.25) is 26.5 Å². The number of carbonyl (C=O) groups is 1. The fourth-order valence-corrected chi connectivity index (χ4v) is 3.93. The van der Waals surface area contributed by atoms with E-state index in [-0.39, 0.29) is 31.3 Å². The molecule has 2 heterocycles. The zero-order chi connectivity index (χ0) is 16.5. The second kappa shape index (κ2) is 6.98. The van der Waals surface area contributed by atoms with Gasteiger partial charge in [-0.1, -0.05) is 0 Å². The summed E-state index contributed by atoms with van der Waals surface area (Å²) in [6, 6.07) is -0.416. The lowest BCUT2D eigenvalue weighted by Gasteiger charge is -2.50. The van der Waals surface area contributed by atoms with Crippen LogP contribution in [-0.4, -0.2) is 65.7 Å². The number of hydrogen-bond donors (Lipinski definition) is 1. The first-order valence-electron chi connectivity index (χ1n) is 7.61. The number of fused-ring (bicyclic) bond motifs is 1. The molecule has 2 rings (SSSR count). The van der Waals surface area contributed by atoms with Gasteiger partial charge in [0.25, 0.3) is 0 Å². The van der Waals surface area contributed by atoms with Crippen molar-refractivity contribution in [3.63, 3.8) is 0 Å². The lowest BCUT2D eigenvalue weighted by Crippen LogP contribution is -2.69. The molecule has 0 radical (unpaired) electrons. The van der Waals surface area contributed by atoms with Crippen molar-refractivity contribution >= 4 is 21.3 Å². The van der Waals surface area contributed by atoms with E-state index in [0.717, 1.165) is 0 Å². The molecule has 126 valence electrons. The second-order valence-corrected chi connectivity index (χ2v) is 11.2. The van der Waals surface area contributed by atoms with Crippen molar-refractivity contribution in [1.29, 1.82) is 0 Å². The van der Waals surface area contributed by atoms with E-state index in [1.807, 2.05) is 6.82 Å². The van der Waals surface area contributed by atoms with Gasteiger partial charge in [-0.25, -0.2) is 0 Å². The minimum absolute atomic E-state index is 0.154. The van der Waals surface area contributed by atoms with Crippen molar-refractivity contribution in [2.45, 2.75) is 64.0 Å². The monoisotopic (exact) mass is 331 g/mol. The Kier molecular flexibility index (Phi) is 5.68. The van der Waals surface area contributed by atoms with Crippen molar-refractivity contribution in [3.8, 4) is 0 Å². The van der Waals surface area contributed by atoms with E-state index in [4.69, 9.17) is 23.2 Å². The molecule has 2 aliphatic rings. The minimum Gasteiger partial charge on any atom is -0.410 e. The smallest absolute Gasteiger partial charge is 0.410 e. The summed E-state index contributed by atoms with van der Waals surface area (Å²) >= 11 is 0. The van der Waals surface area contributed by atoms with Crippen LogP contribution in [0.5, 0.6) is 0 Å². The molecule has 2 aliphatic heterocycles. The standard InChI is InChI=1S/C13H26BNO6Si/c1-8(16)15-10-12(21-22(4,5)6)11-9(19-13(10)17-3)7-18-14(2)20-11/h9-13H,7H2,1-6H3,(H,15,16). The topological polar surface area (TPSA) is 75.2 Å². The first kappa shape index (κ1) is 17.9. The van der Waals surface area contributed by atoms with Crippen LogP contribution in [0.25, 0.3) is 0 Å². The maximum Gasteiger partial charge on any atom is 0.453 e. The van der Waals surface area contributed by atoms with E-state index in [1.165, 1.54) is 6.92 Å². The Morgan fingerprint density at radius 2 is 2.05 bits per heavy atom. The molecule has 9 heteroatoms. The molecule has 0 aromatic carbocycles. The molecule has 7 nitrogen and oxygen atoms in total. The molecule has 0 aromatic heterocycles. The van der Waals surface area contributed by atoms with Gasteiger partial charge < -0.3 is 28.5 Å². The molecule has 0 bridgehead atoms. The summed E-state index contributed by atoms with van der Waals surface area (Å²) in [6.07, 6.45) is -1.48. The van der Waals surface area contributed by atoms with Crippen molar-refractivity contribution < 1.29 is 28.0 Å². The molecule has 1 amide bonds. The van der Waals surface area contributed by atoms with Crippen LogP contribution < -0.4 is 5.32 Å². The summed E-state index contributed by atoms with van der Waals surface area (Å²) in [4.78, 5) is 11.6. The zero-order valence-electron chi connectivity index (χ0n) is 14.1. The Morgan fingerprint density at radius 3 is 2.59 bits per heavy atom. The van der Waals surface area contributed by atoms with Gasteiger partial charge in [0.05, 0.1) is 18.8 Å². The van der Waals surface area contributed by atoms with Gasteiger partial charge in [-0.3, -0.25) is 4.79 Å². The normalized spacial score (nSPS) is 35.9. The van der Waals surface area contributed by atoms with Crippen LogP contribution in [0.3, 0.4) is 0 Å². The van der Waals surface area contributed by atoms with E-state index >= 15 is 0 Å². The lowest BCUT2D eigenvalue weighted by atomic mass is 9.87. The molecular formula is C13H26BNO6Si. The van der Waals surface area contributed by atoms with Gasteiger partial charge in [-0.2, -0.15) is 0 Å². The summed E-state index contributed by atoms with van der Waals surface area (Å²) in [7, 11) is -0.632. The first-order valence-corrected chi connectivity index (χ1v) is 11.0. The fraction of sp³-hybridized carbons (Fsp3) is 0.923. The van der Waals surface area contributed by atoms with Crippen molar-refractivity contribution in [2.24, 2.45) is 0 Å². The van der Waals surface area contributed by atoms with Crippen LogP contribution in [0.15, 0.2) is 0 Å². The molecule has 2 fully saturated rings. The Balaban J connectivity index is 2.27. The average molecular weight is 331 g/mol. The van der Waals surface area contributed by atoms with Crippen LogP contribution in [0.4, 0.5) is 0 Å². The number of amides is 1. The largest absolute Gasteiger partial charge is 0.453 e. The van der Waals surface area contributed by atoms with Gasteiger partial charge in [0.2, 0.25) is 5.91 Å². The molecule has 0 saturated carbocycles. The number of nitrogens with one attached hydrogen (secondary N) is 1. The van der Waals surface area contributed by atoms with Crippen molar-refractivity contribution in [2.75, 3.05) is 13.7 Å². The predicted molar refractivity (Wildman–Crippen MR) is 83.9 cm³/mol. The molecule has 5 unspecified atom stereocenters. The highest BCUT2D eigenvalue weighted by molar-refractivity contribution is 6.69. The van der Waals surface area contributed by atoms with Crippen LogP contribution >= 0.6 is 0 Å². The van der Waals surface area contributed by atoms with Gasteiger partial charge >= 0.3 is 7.12 Å². The van der Waals surface area contributed by atoms with E-state index in [2.05, 4.69) is 25.0 Å². The fourth-order valence-electron chi connectivity index (χ4n) is 2.83. The van der Waals surface area contributed by atoms with E-state index < -0.39 is 20.6 Å². The Morgan fingerprint density at radius 1 is 1.36 bits per heavy atom. The van der Waals surface area contributed by atoms with Gasteiger partial charge in [0, 0.05) is 14.0 Å². The summed E-state index contributed by atoms with van der Waals surface area (Å²) in [5.41, 5.74) is 0. The summed E-state index contributed by atoms with van der Waals surface area (Å²) in [5.74, 6) is -0.154. The molecule has 0 aromatic rings. The first-order chi connectivity index (χ1) is 10.2. The van der Waals surface area contributed by atoms with Crippen LogP contribution in [-0.2, 0) is 28.0 Å². The lowest BCUT2D eigenvalue weighted by molar-refractivity contribution is -0.265. The number of carbonyl (C=O) groups excluding carboxylic acids is 1. The third-order valence-corrected chi connectivity index (χ3v) is 4.56. The SMILES string of the molecule is COC1OC2COB(C)OC2C(O[Si](C)(C)C)C1NC(C)=O. The third kappa shape index (κ3) is 4.30. The van der Waals surface area contributed by atoms with Gasteiger partial charge in [0.15, 0.2) is 14.6 Å². The molecular weight excluding hydrogens is 305 g/mol. The number of rotatable bonds is 4. The minimum atomic E-state index is -1.86. The maximum atomic E-state index is 11.6. The molecule has 22 heavy (non-hydrogen) atoms. The predicted octanol–water partition coefficient (Wildman–Crippen LogP) is 0.616. The van der Waals surface area contributed by atoms with Crippen molar-refractivity contribution in [3.05, 3.63) is 0 Å². The zero-order valence-corrected chi connectivity index (χ0v) is 15.1. The molecule has 1 N–H and O–H groups in total. The van der Waals surface area contributed by atoms with E-state index in [0.29, 0.717) is 6.61 Å². The van der Waals surface area contributed by atoms with E-state index in [9.17, 15) is 4.79 Å². The third-order valence-electron chi connectivity index (χ3n) is 3.58. The Labute approximate surface area is 133 Å². The van der Waals surface area contributed by atoms with Crippen LogP contribution in [0, 0.1) is 0 Å². The van der Waals surface area contributed by atoms with Gasteiger partial charge in [-0.15, -0.1) is 0 Å². The number of hydrogen-bond acceptors (Lipinski definition) is 6. The van der Waals surface area contributed by atoms with Gasteiger partial charge in [0.1, 0.15) is 12.1 Å². The highest BCUT2D eigenvalue weighted by atomic mass is 28.4. The Bertz CT molecular complexity index is 406. The summed E-state index contributed by atoms with van der Waals surface area (Å²) in [5, 5.41) is 2.89. The summed E-state index contributed by atoms with van der Waals surface area (Å²) < 4.78 is 29.0. The molecule has 5 atom stereocenters. The maximum absolute atomic E-state index is 11.6. The highest BCUT2D eigenvalue weighted by Crippen LogP contribution is 2.31. The average Bonchev–Trinajstić information content (AvgIpc) is 2.39. The van der Waals surface area contributed by atoms with E-state index in [1.54, 1.807) is 7.11 Å². The van der Waals surface area contributed by atoms with Gasteiger partial charge in [-0.05, 0) is 26.5 Å².